The number of pyridine rings is 1. The topological polar surface area (TPSA) is 47.3 Å². The van der Waals surface area contributed by atoms with Crippen molar-refractivity contribution in [1.29, 1.82) is 0 Å². The fourth-order valence-corrected chi connectivity index (χ4v) is 2.97. The molecule has 98 valence electrons. The van der Waals surface area contributed by atoms with Gasteiger partial charge in [-0.25, -0.2) is 4.98 Å². The van der Waals surface area contributed by atoms with E-state index in [0.29, 0.717) is 11.7 Å². The molecule has 0 radical (unpaired) electrons. The molecule has 0 atom stereocenters. The molecule has 0 aliphatic carbocycles. The Kier molecular flexibility index (Phi) is 3.31. The van der Waals surface area contributed by atoms with Crippen LogP contribution in [0.1, 0.15) is 5.76 Å². The summed E-state index contributed by atoms with van der Waals surface area (Å²) in [7, 11) is 1.63. The van der Waals surface area contributed by atoms with Gasteiger partial charge in [0.25, 0.3) is 0 Å². The molecule has 0 aromatic carbocycles. The van der Waals surface area contributed by atoms with E-state index < -0.39 is 0 Å². The molecule has 0 saturated carbocycles. The summed E-state index contributed by atoms with van der Waals surface area (Å²) in [6.07, 6.45) is 1.65. The first-order valence-corrected chi connectivity index (χ1v) is 6.91. The lowest BCUT2D eigenvalue weighted by atomic mass is 10.3. The van der Waals surface area contributed by atoms with E-state index in [1.807, 2.05) is 23.6 Å². The molecule has 4 nitrogen and oxygen atoms in total. The predicted octanol–water partition coefficient (Wildman–Crippen LogP) is 4.16. The van der Waals surface area contributed by atoms with Crippen LogP contribution >= 0.6 is 22.9 Å². The van der Waals surface area contributed by atoms with Gasteiger partial charge in [0.1, 0.15) is 16.4 Å². The quantitative estimate of drug-likeness (QED) is 0.734. The Bertz CT molecular complexity index is 694. The van der Waals surface area contributed by atoms with E-state index in [-0.39, 0.29) is 0 Å². The van der Waals surface area contributed by atoms with Gasteiger partial charge in [0.05, 0.1) is 30.3 Å². The number of thiophene rings is 1. The molecule has 1 N–H and O–H groups in total. The Hall–Kier alpha value is -1.72. The van der Waals surface area contributed by atoms with Gasteiger partial charge in [-0.2, -0.15) is 0 Å². The summed E-state index contributed by atoms with van der Waals surface area (Å²) in [4.78, 5) is 4.30. The number of nitrogens with one attached hydrogen (secondary N) is 1. The average molecular weight is 295 g/mol. The number of ether oxygens (including phenoxy) is 1. The van der Waals surface area contributed by atoms with Crippen LogP contribution in [0, 0.1) is 0 Å². The lowest BCUT2D eigenvalue weighted by Crippen LogP contribution is -1.98. The second-order valence-corrected chi connectivity index (χ2v) is 5.17. The highest BCUT2D eigenvalue weighted by molar-refractivity contribution is 7.18. The molecule has 0 unspecified atom stereocenters. The van der Waals surface area contributed by atoms with Crippen LogP contribution in [-0.2, 0) is 6.54 Å². The maximum Gasteiger partial charge on any atom is 0.155 e. The van der Waals surface area contributed by atoms with E-state index in [4.69, 9.17) is 20.8 Å². The number of fused-ring (bicyclic) bond motifs is 1. The Labute approximate surface area is 119 Å². The van der Waals surface area contributed by atoms with E-state index in [1.165, 1.54) is 0 Å². The van der Waals surface area contributed by atoms with Crippen LogP contribution in [0.2, 0.25) is 5.15 Å². The highest BCUT2D eigenvalue weighted by Crippen LogP contribution is 2.37. The lowest BCUT2D eigenvalue weighted by Gasteiger charge is -2.06. The van der Waals surface area contributed by atoms with Gasteiger partial charge >= 0.3 is 0 Å². The number of halogens is 1. The van der Waals surface area contributed by atoms with Crippen LogP contribution < -0.4 is 10.1 Å². The average Bonchev–Trinajstić information content (AvgIpc) is 3.04. The highest BCUT2D eigenvalue weighted by Gasteiger charge is 2.12. The molecule has 0 bridgehead atoms. The number of rotatable bonds is 4. The SMILES string of the molecule is COc1csc2c(NCc3ccco3)cc(Cl)nc12. The number of methoxy groups -OCH3 is 1. The fraction of sp³-hybridized carbons (Fsp3) is 0.154. The third kappa shape index (κ3) is 2.39. The highest BCUT2D eigenvalue weighted by atomic mass is 35.5. The Balaban J connectivity index is 1.96. The largest absolute Gasteiger partial charge is 0.494 e. The van der Waals surface area contributed by atoms with E-state index in [1.54, 1.807) is 24.7 Å². The number of anilines is 1. The number of hydrogen-bond acceptors (Lipinski definition) is 5. The zero-order valence-corrected chi connectivity index (χ0v) is 11.7. The number of hydrogen-bond donors (Lipinski definition) is 1. The maximum absolute atomic E-state index is 6.04. The van der Waals surface area contributed by atoms with Crippen LogP contribution in [0.15, 0.2) is 34.3 Å². The van der Waals surface area contributed by atoms with Crippen molar-refractivity contribution in [3.63, 3.8) is 0 Å². The first kappa shape index (κ1) is 12.3. The van der Waals surface area contributed by atoms with E-state index >= 15 is 0 Å². The minimum absolute atomic E-state index is 0.436. The molecule has 0 fully saturated rings. The molecule has 0 aliphatic rings. The van der Waals surface area contributed by atoms with Crippen LogP contribution in [0.5, 0.6) is 5.75 Å². The van der Waals surface area contributed by atoms with Gasteiger partial charge in [0, 0.05) is 11.4 Å². The molecule has 3 aromatic rings. The summed E-state index contributed by atoms with van der Waals surface area (Å²) in [6, 6.07) is 5.59. The molecule has 3 aromatic heterocycles. The lowest BCUT2D eigenvalue weighted by molar-refractivity contribution is 0.420. The van der Waals surface area contributed by atoms with Crippen LogP contribution in [-0.4, -0.2) is 12.1 Å². The number of nitrogens with zero attached hydrogens (tertiary/aromatic N) is 1. The fourth-order valence-electron chi connectivity index (χ4n) is 1.83. The summed E-state index contributed by atoms with van der Waals surface area (Å²) in [6.45, 7) is 0.600. The maximum atomic E-state index is 6.04. The van der Waals surface area contributed by atoms with Crippen molar-refractivity contribution in [3.8, 4) is 5.75 Å². The number of aromatic nitrogens is 1. The molecule has 6 heteroatoms. The molecule has 19 heavy (non-hydrogen) atoms. The van der Waals surface area contributed by atoms with Crippen LogP contribution in [0.3, 0.4) is 0 Å². The van der Waals surface area contributed by atoms with Crippen molar-refractivity contribution in [2.24, 2.45) is 0 Å². The predicted molar refractivity (Wildman–Crippen MR) is 77.2 cm³/mol. The third-order valence-electron chi connectivity index (χ3n) is 2.71. The second-order valence-electron chi connectivity index (χ2n) is 3.91. The Morgan fingerprint density at radius 1 is 1.53 bits per heavy atom. The zero-order chi connectivity index (χ0) is 13.2. The van der Waals surface area contributed by atoms with E-state index in [2.05, 4.69) is 10.3 Å². The van der Waals surface area contributed by atoms with Crippen molar-refractivity contribution in [2.75, 3.05) is 12.4 Å². The van der Waals surface area contributed by atoms with Crippen molar-refractivity contribution in [3.05, 3.63) is 40.8 Å². The zero-order valence-electron chi connectivity index (χ0n) is 10.1. The van der Waals surface area contributed by atoms with Crippen LogP contribution in [0.25, 0.3) is 10.2 Å². The monoisotopic (exact) mass is 294 g/mol. The molecule has 0 amide bonds. The van der Waals surface area contributed by atoms with Crippen molar-refractivity contribution < 1.29 is 9.15 Å². The smallest absolute Gasteiger partial charge is 0.155 e. The summed E-state index contributed by atoms with van der Waals surface area (Å²) in [5, 5.41) is 5.66. The number of furan rings is 1. The van der Waals surface area contributed by atoms with Crippen molar-refractivity contribution in [2.45, 2.75) is 6.54 Å². The van der Waals surface area contributed by atoms with Crippen molar-refractivity contribution in [1.82, 2.24) is 4.98 Å². The van der Waals surface area contributed by atoms with Crippen molar-refractivity contribution >= 4 is 38.8 Å². The van der Waals surface area contributed by atoms with Gasteiger partial charge < -0.3 is 14.5 Å². The molecule has 0 saturated heterocycles. The minimum Gasteiger partial charge on any atom is -0.494 e. The minimum atomic E-state index is 0.436. The molecule has 3 rings (SSSR count). The standard InChI is InChI=1S/C13H11ClN2O2S/c1-17-10-7-19-13-9(5-11(14)16-12(10)13)15-6-8-3-2-4-18-8/h2-5,7H,6H2,1H3,(H,15,16). The summed E-state index contributed by atoms with van der Waals surface area (Å²) in [5.41, 5.74) is 1.71. The van der Waals surface area contributed by atoms with E-state index in [9.17, 15) is 0 Å². The molecule has 0 aliphatic heterocycles. The first-order valence-electron chi connectivity index (χ1n) is 5.66. The molecular formula is C13H11ClN2O2S. The van der Waals surface area contributed by atoms with Gasteiger partial charge in [-0.05, 0) is 12.1 Å². The summed E-state index contributed by atoms with van der Waals surface area (Å²) >= 11 is 7.62. The van der Waals surface area contributed by atoms with Gasteiger partial charge in [-0.3, -0.25) is 0 Å². The molecule has 0 spiro atoms. The van der Waals surface area contributed by atoms with Gasteiger partial charge in [0.2, 0.25) is 0 Å². The normalized spacial score (nSPS) is 10.8. The molecular weight excluding hydrogens is 284 g/mol. The summed E-state index contributed by atoms with van der Waals surface area (Å²) < 4.78 is 11.6. The van der Waals surface area contributed by atoms with Gasteiger partial charge in [-0.1, -0.05) is 11.6 Å². The molecule has 3 heterocycles. The van der Waals surface area contributed by atoms with Gasteiger partial charge in [-0.15, -0.1) is 11.3 Å². The summed E-state index contributed by atoms with van der Waals surface area (Å²) in [5.74, 6) is 1.60. The van der Waals surface area contributed by atoms with Gasteiger partial charge in [0.15, 0.2) is 5.75 Å². The Morgan fingerprint density at radius 2 is 2.42 bits per heavy atom. The van der Waals surface area contributed by atoms with Crippen LogP contribution in [0.4, 0.5) is 5.69 Å². The van der Waals surface area contributed by atoms with E-state index in [0.717, 1.165) is 27.4 Å². The third-order valence-corrected chi connectivity index (χ3v) is 3.89. The Morgan fingerprint density at radius 3 is 3.16 bits per heavy atom. The second kappa shape index (κ2) is 5.11. The first-order chi connectivity index (χ1) is 9.28.